The number of anilines is 1. The van der Waals surface area contributed by atoms with Gasteiger partial charge in [0.1, 0.15) is 11.0 Å². The molecule has 2 N–H and O–H groups in total. The summed E-state index contributed by atoms with van der Waals surface area (Å²) in [5, 5.41) is 17.5. The van der Waals surface area contributed by atoms with Crippen LogP contribution in [0.2, 0.25) is 5.02 Å². The molecule has 1 aromatic heterocycles. The normalized spacial score (nSPS) is 11.1. The van der Waals surface area contributed by atoms with E-state index in [1.807, 2.05) is 48.5 Å². The molecule has 4 aromatic carbocycles. The van der Waals surface area contributed by atoms with Gasteiger partial charge in [-0.1, -0.05) is 67.4 Å². The van der Waals surface area contributed by atoms with Crippen LogP contribution >= 0.6 is 23.8 Å². The van der Waals surface area contributed by atoms with Gasteiger partial charge in [-0.25, -0.2) is 0 Å². The third-order valence-corrected chi connectivity index (χ3v) is 6.46. The van der Waals surface area contributed by atoms with Crippen LogP contribution in [0.25, 0.3) is 27.5 Å². The molecule has 6 nitrogen and oxygen atoms in total. The Balaban J connectivity index is 1.30. The fraction of sp³-hybridized carbons (Fsp3) is 0.143. The minimum Gasteiger partial charge on any atom is -0.331 e. The maximum absolute atomic E-state index is 12.7. The number of rotatable bonds is 6. The molecule has 0 fully saturated rings. The summed E-state index contributed by atoms with van der Waals surface area (Å²) >= 11 is 11.9. The van der Waals surface area contributed by atoms with E-state index in [4.69, 9.17) is 23.8 Å². The van der Waals surface area contributed by atoms with Crippen molar-refractivity contribution in [2.45, 2.75) is 26.2 Å². The van der Waals surface area contributed by atoms with Gasteiger partial charge in [0.05, 0.1) is 16.4 Å². The molecule has 0 radical (unpaired) electrons. The van der Waals surface area contributed by atoms with Crippen molar-refractivity contribution in [3.63, 3.8) is 0 Å². The van der Waals surface area contributed by atoms with Gasteiger partial charge in [-0.05, 0) is 77.8 Å². The number of aromatic nitrogens is 3. The molecular weight excluding hydrogens is 490 g/mol. The van der Waals surface area contributed by atoms with Crippen LogP contribution in [0.15, 0.2) is 78.9 Å². The summed E-state index contributed by atoms with van der Waals surface area (Å²) in [5.74, 6) is -0.302. The number of amides is 1. The van der Waals surface area contributed by atoms with Gasteiger partial charge < -0.3 is 5.32 Å². The Hall–Kier alpha value is -3.81. The summed E-state index contributed by atoms with van der Waals surface area (Å²) in [4.78, 5) is 14.3. The van der Waals surface area contributed by atoms with E-state index in [2.05, 4.69) is 39.9 Å². The number of hydrogen-bond donors (Lipinski definition) is 2. The average molecular weight is 514 g/mol. The first-order chi connectivity index (χ1) is 17.5. The summed E-state index contributed by atoms with van der Waals surface area (Å²) in [6.45, 7) is 2.19. The molecular formula is C28H24ClN5OS. The highest BCUT2D eigenvalue weighted by Crippen LogP contribution is 2.27. The molecule has 0 aliphatic heterocycles. The Kier molecular flexibility index (Phi) is 6.93. The fourth-order valence-electron chi connectivity index (χ4n) is 3.99. The van der Waals surface area contributed by atoms with Crippen LogP contribution in [0.3, 0.4) is 0 Å². The fourth-order valence-corrected chi connectivity index (χ4v) is 4.39. The zero-order chi connectivity index (χ0) is 25.1. The van der Waals surface area contributed by atoms with Crippen LogP contribution in [0, 0.1) is 0 Å². The first kappa shape index (κ1) is 23.9. The molecule has 0 atom stereocenters. The molecule has 0 aliphatic carbocycles. The maximum Gasteiger partial charge on any atom is 0.257 e. The van der Waals surface area contributed by atoms with Gasteiger partial charge in [0.25, 0.3) is 5.91 Å². The number of carbonyl (C=O) groups is 1. The second kappa shape index (κ2) is 10.4. The molecule has 1 amide bonds. The third-order valence-electron chi connectivity index (χ3n) is 5.94. The number of halogens is 1. The van der Waals surface area contributed by atoms with Crippen molar-refractivity contribution < 1.29 is 4.79 Å². The minimum atomic E-state index is -0.302. The Labute approximate surface area is 219 Å². The van der Waals surface area contributed by atoms with Crippen LogP contribution < -0.4 is 10.6 Å². The van der Waals surface area contributed by atoms with Crippen molar-refractivity contribution in [2.24, 2.45) is 0 Å². The Bertz CT molecular complexity index is 1580. The topological polar surface area (TPSA) is 71.8 Å². The third kappa shape index (κ3) is 5.22. The molecule has 0 bridgehead atoms. The number of unbranched alkanes of at least 4 members (excludes halogenated alkanes) is 1. The SMILES string of the molecule is CCCCc1ccc(-n2nc3cc(Cl)c(NC(=S)NC(=O)c4ccc5ccccc5c4)cc3n2)cc1. The van der Waals surface area contributed by atoms with E-state index in [0.717, 1.165) is 22.9 Å². The summed E-state index contributed by atoms with van der Waals surface area (Å²) in [7, 11) is 0. The maximum atomic E-state index is 12.7. The number of benzene rings is 4. The van der Waals surface area contributed by atoms with E-state index in [0.29, 0.717) is 27.3 Å². The quantitative estimate of drug-likeness (QED) is 0.247. The van der Waals surface area contributed by atoms with Crippen molar-refractivity contribution in [1.29, 1.82) is 0 Å². The van der Waals surface area contributed by atoms with Gasteiger partial charge in [0.15, 0.2) is 5.11 Å². The molecule has 0 unspecified atom stereocenters. The number of hydrogen-bond acceptors (Lipinski definition) is 4. The van der Waals surface area contributed by atoms with Crippen molar-refractivity contribution in [1.82, 2.24) is 20.3 Å². The number of nitrogens with zero attached hydrogens (tertiary/aromatic N) is 3. The molecule has 0 saturated carbocycles. The van der Waals surface area contributed by atoms with Crippen LogP contribution in [0.4, 0.5) is 5.69 Å². The lowest BCUT2D eigenvalue weighted by atomic mass is 10.1. The lowest BCUT2D eigenvalue weighted by Gasteiger charge is -2.11. The highest BCUT2D eigenvalue weighted by Gasteiger charge is 2.13. The monoisotopic (exact) mass is 513 g/mol. The largest absolute Gasteiger partial charge is 0.331 e. The van der Waals surface area contributed by atoms with Gasteiger partial charge in [0, 0.05) is 5.56 Å². The van der Waals surface area contributed by atoms with Crippen molar-refractivity contribution in [3.05, 3.63) is 95.0 Å². The predicted molar refractivity (Wildman–Crippen MR) is 150 cm³/mol. The molecule has 1 heterocycles. The van der Waals surface area contributed by atoms with Crippen LogP contribution in [0.1, 0.15) is 35.7 Å². The first-order valence-electron chi connectivity index (χ1n) is 11.8. The highest BCUT2D eigenvalue weighted by atomic mass is 35.5. The van der Waals surface area contributed by atoms with E-state index in [9.17, 15) is 4.79 Å². The van der Waals surface area contributed by atoms with E-state index < -0.39 is 0 Å². The molecule has 180 valence electrons. The molecule has 0 spiro atoms. The second-order valence-electron chi connectivity index (χ2n) is 8.55. The van der Waals surface area contributed by atoms with Crippen LogP contribution in [-0.4, -0.2) is 26.0 Å². The zero-order valence-corrected chi connectivity index (χ0v) is 21.2. The van der Waals surface area contributed by atoms with Gasteiger partial charge in [0.2, 0.25) is 0 Å². The van der Waals surface area contributed by atoms with Crippen molar-refractivity contribution >= 4 is 62.3 Å². The average Bonchev–Trinajstić information content (AvgIpc) is 3.30. The second-order valence-corrected chi connectivity index (χ2v) is 9.37. The Morgan fingerprint density at radius 1 is 0.944 bits per heavy atom. The number of carbonyl (C=O) groups excluding carboxylic acids is 1. The highest BCUT2D eigenvalue weighted by molar-refractivity contribution is 7.80. The smallest absolute Gasteiger partial charge is 0.257 e. The minimum absolute atomic E-state index is 0.143. The molecule has 0 saturated heterocycles. The van der Waals surface area contributed by atoms with Gasteiger partial charge in [-0.3, -0.25) is 10.1 Å². The van der Waals surface area contributed by atoms with E-state index >= 15 is 0 Å². The van der Waals surface area contributed by atoms with Gasteiger partial charge in [-0.2, -0.15) is 4.80 Å². The lowest BCUT2D eigenvalue weighted by Crippen LogP contribution is -2.34. The van der Waals surface area contributed by atoms with Crippen molar-refractivity contribution in [2.75, 3.05) is 5.32 Å². The molecule has 8 heteroatoms. The summed E-state index contributed by atoms with van der Waals surface area (Å²) in [6, 6.07) is 25.1. The molecule has 5 rings (SSSR count). The zero-order valence-electron chi connectivity index (χ0n) is 19.7. The predicted octanol–water partition coefficient (Wildman–Crippen LogP) is 6.70. The Morgan fingerprint density at radius 2 is 1.67 bits per heavy atom. The van der Waals surface area contributed by atoms with E-state index in [-0.39, 0.29) is 11.0 Å². The summed E-state index contributed by atoms with van der Waals surface area (Å²) in [6.07, 6.45) is 3.40. The number of thiocarbonyl (C=S) groups is 1. The summed E-state index contributed by atoms with van der Waals surface area (Å²) < 4.78 is 0. The molecule has 0 aliphatic rings. The lowest BCUT2D eigenvalue weighted by molar-refractivity contribution is 0.0978. The van der Waals surface area contributed by atoms with Crippen LogP contribution in [-0.2, 0) is 6.42 Å². The Morgan fingerprint density at radius 3 is 2.42 bits per heavy atom. The molecule has 5 aromatic rings. The van der Waals surface area contributed by atoms with Crippen LogP contribution in [0.5, 0.6) is 0 Å². The molecule has 36 heavy (non-hydrogen) atoms. The first-order valence-corrected chi connectivity index (χ1v) is 12.6. The standard InChI is InChI=1S/C28H24ClN5OS/c1-2-3-6-18-9-13-22(14-10-18)34-32-25-16-23(29)24(17-26(25)33-34)30-28(36)31-27(35)21-12-11-19-7-4-5-8-20(19)15-21/h4-5,7-17H,2-3,6H2,1H3,(H2,30,31,35,36). The summed E-state index contributed by atoms with van der Waals surface area (Å²) in [5.41, 5.74) is 4.53. The van der Waals surface area contributed by atoms with E-state index in [1.54, 1.807) is 23.0 Å². The number of nitrogens with one attached hydrogen (secondary N) is 2. The van der Waals surface area contributed by atoms with Gasteiger partial charge in [-0.15, -0.1) is 10.2 Å². The van der Waals surface area contributed by atoms with Gasteiger partial charge >= 0.3 is 0 Å². The van der Waals surface area contributed by atoms with E-state index in [1.165, 1.54) is 18.4 Å². The number of fused-ring (bicyclic) bond motifs is 2. The number of aryl methyl sites for hydroxylation is 1. The van der Waals surface area contributed by atoms with Crippen molar-refractivity contribution in [3.8, 4) is 5.69 Å².